The van der Waals surface area contributed by atoms with E-state index in [4.69, 9.17) is 23.2 Å². The van der Waals surface area contributed by atoms with Crippen LogP contribution in [-0.2, 0) is 0 Å². The van der Waals surface area contributed by atoms with Gasteiger partial charge in [0.05, 0.1) is 5.71 Å². The number of carbonyl (C=O) groups is 2. The fourth-order valence-corrected chi connectivity index (χ4v) is 2.90. The maximum absolute atomic E-state index is 12.3. The Morgan fingerprint density at radius 1 is 0.759 bits per heavy atom. The fourth-order valence-electron chi connectivity index (χ4n) is 2.52. The summed E-state index contributed by atoms with van der Waals surface area (Å²) in [6.45, 7) is 1.78. The standard InChI is InChI=1S/C22H17Cl2N3O2/c1-14(26-27-22(29)17-5-3-7-19(24)13-17)15-8-10-20(11-9-15)25-21(28)16-4-2-6-18(23)12-16/h2-13H,1H3,(H,25,28)(H,27,29)/b26-14+. The third-order valence-electron chi connectivity index (χ3n) is 4.06. The second-order valence-electron chi connectivity index (χ2n) is 6.19. The molecule has 0 bridgehead atoms. The van der Waals surface area contributed by atoms with Crippen molar-refractivity contribution in [1.29, 1.82) is 0 Å². The molecule has 2 amide bonds. The van der Waals surface area contributed by atoms with Gasteiger partial charge in [-0.05, 0) is 61.0 Å². The molecule has 0 heterocycles. The van der Waals surface area contributed by atoms with E-state index in [0.29, 0.717) is 32.6 Å². The minimum atomic E-state index is -0.350. The van der Waals surface area contributed by atoms with Gasteiger partial charge in [-0.1, -0.05) is 47.5 Å². The van der Waals surface area contributed by atoms with Gasteiger partial charge in [-0.2, -0.15) is 5.10 Å². The number of amides is 2. The Bertz CT molecular complexity index is 1080. The average molecular weight is 426 g/mol. The summed E-state index contributed by atoms with van der Waals surface area (Å²) in [6, 6.07) is 20.5. The first-order valence-corrected chi connectivity index (χ1v) is 9.45. The molecule has 0 aliphatic rings. The van der Waals surface area contributed by atoms with Crippen molar-refractivity contribution in [3.8, 4) is 0 Å². The van der Waals surface area contributed by atoms with Crippen LogP contribution in [0.25, 0.3) is 0 Å². The summed E-state index contributed by atoms with van der Waals surface area (Å²) < 4.78 is 0. The van der Waals surface area contributed by atoms with Crippen LogP contribution in [0.15, 0.2) is 77.9 Å². The van der Waals surface area contributed by atoms with E-state index in [-0.39, 0.29) is 11.8 Å². The highest BCUT2D eigenvalue weighted by molar-refractivity contribution is 6.31. The number of nitrogens with one attached hydrogen (secondary N) is 2. The lowest BCUT2D eigenvalue weighted by molar-refractivity contribution is 0.0954. The van der Waals surface area contributed by atoms with Gasteiger partial charge < -0.3 is 5.32 Å². The molecule has 146 valence electrons. The lowest BCUT2D eigenvalue weighted by Crippen LogP contribution is -2.19. The average Bonchev–Trinajstić information content (AvgIpc) is 2.72. The lowest BCUT2D eigenvalue weighted by Gasteiger charge is -2.07. The highest BCUT2D eigenvalue weighted by Gasteiger charge is 2.08. The SMILES string of the molecule is C/C(=N\NC(=O)c1cccc(Cl)c1)c1ccc(NC(=O)c2cccc(Cl)c2)cc1. The van der Waals surface area contributed by atoms with Gasteiger partial charge in [0.25, 0.3) is 11.8 Å². The van der Waals surface area contributed by atoms with Crippen molar-refractivity contribution in [3.05, 3.63) is 99.5 Å². The molecule has 7 heteroatoms. The van der Waals surface area contributed by atoms with Crippen LogP contribution in [0.5, 0.6) is 0 Å². The molecule has 0 fully saturated rings. The summed E-state index contributed by atoms with van der Waals surface area (Å²) in [5.41, 5.74) is 5.46. The normalized spacial score (nSPS) is 11.1. The summed E-state index contributed by atoms with van der Waals surface area (Å²) in [5, 5.41) is 7.91. The van der Waals surface area contributed by atoms with E-state index < -0.39 is 0 Å². The van der Waals surface area contributed by atoms with E-state index in [0.717, 1.165) is 5.56 Å². The topological polar surface area (TPSA) is 70.6 Å². The second-order valence-corrected chi connectivity index (χ2v) is 7.06. The molecule has 5 nitrogen and oxygen atoms in total. The highest BCUT2D eigenvalue weighted by atomic mass is 35.5. The Labute approximate surface area is 178 Å². The predicted molar refractivity (Wildman–Crippen MR) is 117 cm³/mol. The van der Waals surface area contributed by atoms with E-state index in [1.54, 1.807) is 79.7 Å². The Kier molecular flexibility index (Phi) is 6.65. The van der Waals surface area contributed by atoms with Crippen molar-refractivity contribution in [2.24, 2.45) is 5.10 Å². The third kappa shape index (κ3) is 5.67. The first-order valence-electron chi connectivity index (χ1n) is 8.70. The van der Waals surface area contributed by atoms with Gasteiger partial charge in [-0.15, -0.1) is 0 Å². The van der Waals surface area contributed by atoms with Gasteiger partial charge in [0.2, 0.25) is 0 Å². The first kappa shape index (κ1) is 20.6. The van der Waals surface area contributed by atoms with Crippen molar-refractivity contribution in [2.45, 2.75) is 6.92 Å². The van der Waals surface area contributed by atoms with Gasteiger partial charge in [-0.25, -0.2) is 5.43 Å². The van der Waals surface area contributed by atoms with Gasteiger partial charge >= 0.3 is 0 Å². The van der Waals surface area contributed by atoms with Crippen LogP contribution in [0.2, 0.25) is 10.0 Å². The number of benzene rings is 3. The zero-order valence-corrected chi connectivity index (χ0v) is 17.0. The minimum Gasteiger partial charge on any atom is -0.322 e. The van der Waals surface area contributed by atoms with Gasteiger partial charge in [0.1, 0.15) is 0 Å². The van der Waals surface area contributed by atoms with E-state index >= 15 is 0 Å². The van der Waals surface area contributed by atoms with E-state index in [1.165, 1.54) is 0 Å². The molecule has 0 unspecified atom stereocenters. The number of hydrogen-bond acceptors (Lipinski definition) is 3. The summed E-state index contributed by atoms with van der Waals surface area (Å²) in [6.07, 6.45) is 0. The summed E-state index contributed by atoms with van der Waals surface area (Å²) in [5.74, 6) is -0.600. The predicted octanol–water partition coefficient (Wildman–Crippen LogP) is 5.40. The number of rotatable bonds is 5. The number of nitrogens with zero attached hydrogens (tertiary/aromatic N) is 1. The summed E-state index contributed by atoms with van der Waals surface area (Å²) in [7, 11) is 0. The molecule has 3 aromatic carbocycles. The van der Waals surface area contributed by atoms with Crippen LogP contribution in [0.3, 0.4) is 0 Å². The number of hydrogen-bond donors (Lipinski definition) is 2. The van der Waals surface area contributed by atoms with E-state index in [2.05, 4.69) is 15.8 Å². The molecule has 0 spiro atoms. The lowest BCUT2D eigenvalue weighted by atomic mass is 10.1. The molecule has 0 aliphatic carbocycles. The van der Waals surface area contributed by atoms with Crippen molar-refractivity contribution >= 4 is 46.4 Å². The summed E-state index contributed by atoms with van der Waals surface area (Å²) in [4.78, 5) is 24.4. The molecule has 0 atom stereocenters. The number of anilines is 1. The Hall–Kier alpha value is -3.15. The van der Waals surface area contributed by atoms with Crippen LogP contribution in [0, 0.1) is 0 Å². The van der Waals surface area contributed by atoms with Crippen molar-refractivity contribution in [2.75, 3.05) is 5.32 Å². The molecular weight excluding hydrogens is 409 g/mol. The monoisotopic (exact) mass is 425 g/mol. The fraction of sp³-hybridized carbons (Fsp3) is 0.0455. The van der Waals surface area contributed by atoms with Gasteiger partial charge in [0.15, 0.2) is 0 Å². The van der Waals surface area contributed by atoms with Crippen LogP contribution in [0.4, 0.5) is 5.69 Å². The smallest absolute Gasteiger partial charge is 0.271 e. The van der Waals surface area contributed by atoms with Crippen LogP contribution in [-0.4, -0.2) is 17.5 Å². The molecule has 29 heavy (non-hydrogen) atoms. The molecule has 0 saturated carbocycles. The zero-order valence-electron chi connectivity index (χ0n) is 15.4. The van der Waals surface area contributed by atoms with Crippen LogP contribution >= 0.6 is 23.2 Å². The Morgan fingerprint density at radius 3 is 1.86 bits per heavy atom. The Morgan fingerprint density at radius 2 is 1.31 bits per heavy atom. The van der Waals surface area contributed by atoms with Crippen molar-refractivity contribution in [3.63, 3.8) is 0 Å². The largest absolute Gasteiger partial charge is 0.322 e. The summed E-state index contributed by atoms with van der Waals surface area (Å²) >= 11 is 11.8. The quantitative estimate of drug-likeness (QED) is 0.424. The van der Waals surface area contributed by atoms with E-state index in [9.17, 15) is 9.59 Å². The first-order chi connectivity index (χ1) is 13.9. The molecule has 0 aliphatic heterocycles. The number of halogens is 2. The van der Waals surface area contributed by atoms with E-state index in [1.807, 2.05) is 0 Å². The third-order valence-corrected chi connectivity index (χ3v) is 4.53. The molecule has 0 saturated heterocycles. The minimum absolute atomic E-state index is 0.251. The molecule has 0 aromatic heterocycles. The van der Waals surface area contributed by atoms with Crippen LogP contribution < -0.4 is 10.7 Å². The molecular formula is C22H17Cl2N3O2. The molecule has 3 aromatic rings. The van der Waals surface area contributed by atoms with Gasteiger partial charge in [0, 0.05) is 26.9 Å². The van der Waals surface area contributed by atoms with Gasteiger partial charge in [-0.3, -0.25) is 9.59 Å². The Balaban J connectivity index is 1.63. The molecule has 0 radical (unpaired) electrons. The second kappa shape index (κ2) is 9.37. The molecule has 2 N–H and O–H groups in total. The van der Waals surface area contributed by atoms with Crippen molar-refractivity contribution in [1.82, 2.24) is 5.43 Å². The maximum Gasteiger partial charge on any atom is 0.271 e. The zero-order chi connectivity index (χ0) is 20.8. The molecule has 3 rings (SSSR count). The highest BCUT2D eigenvalue weighted by Crippen LogP contribution is 2.15. The number of hydrazone groups is 1. The van der Waals surface area contributed by atoms with Crippen LogP contribution in [0.1, 0.15) is 33.2 Å². The van der Waals surface area contributed by atoms with Crippen molar-refractivity contribution < 1.29 is 9.59 Å². The number of carbonyl (C=O) groups excluding carboxylic acids is 2. The maximum atomic E-state index is 12.3.